The number of benzene rings is 2. The number of rotatable bonds is 11. The molecule has 0 saturated carbocycles. The van der Waals surface area contributed by atoms with Gasteiger partial charge in [0.2, 0.25) is 6.17 Å². The Morgan fingerprint density at radius 1 is 1.00 bits per heavy atom. The van der Waals surface area contributed by atoms with E-state index in [4.69, 9.17) is 0 Å². The smallest absolute Gasteiger partial charge is 0.386 e. The normalized spacial score (nSPS) is 13.3. The van der Waals surface area contributed by atoms with Gasteiger partial charge < -0.3 is 16.0 Å². The van der Waals surface area contributed by atoms with Crippen LogP contribution in [-0.4, -0.2) is 25.3 Å². The number of hydrogen-bond acceptors (Lipinski definition) is 3. The molecule has 4 nitrogen and oxygen atoms in total. The lowest BCUT2D eigenvalue weighted by Crippen LogP contribution is -2.32. The van der Waals surface area contributed by atoms with Gasteiger partial charge in [0.05, 0.1) is 16.9 Å². The number of hydrogen-bond donors (Lipinski definition) is 3. The highest BCUT2D eigenvalue weighted by Crippen LogP contribution is 2.30. The van der Waals surface area contributed by atoms with Crippen LogP contribution in [0, 0.1) is 0 Å². The van der Waals surface area contributed by atoms with E-state index in [0.29, 0.717) is 29.0 Å². The van der Waals surface area contributed by atoms with E-state index < -0.39 is 30.0 Å². The summed E-state index contributed by atoms with van der Waals surface area (Å²) in [7, 11) is 1.61. The van der Waals surface area contributed by atoms with Crippen LogP contribution >= 0.6 is 0 Å². The second-order valence-electron chi connectivity index (χ2n) is 7.46. The van der Waals surface area contributed by atoms with E-state index in [0.717, 1.165) is 25.0 Å². The molecule has 0 fully saturated rings. The SMILES string of the molecule is CCCCC[C@@H](F)[C@@H](F)C(=O)Nc1ccc(NCc2ccc(C(F)(F)F)cc2)cc1NC. The van der Waals surface area contributed by atoms with E-state index in [-0.39, 0.29) is 13.0 Å². The van der Waals surface area contributed by atoms with Crippen LogP contribution in [-0.2, 0) is 17.5 Å². The predicted molar refractivity (Wildman–Crippen MR) is 117 cm³/mol. The summed E-state index contributed by atoms with van der Waals surface area (Å²) in [6, 6.07) is 9.63. The van der Waals surface area contributed by atoms with Crippen molar-refractivity contribution in [3.05, 3.63) is 53.6 Å². The second-order valence-corrected chi connectivity index (χ2v) is 7.46. The van der Waals surface area contributed by atoms with Crippen molar-refractivity contribution in [1.82, 2.24) is 0 Å². The third-order valence-corrected chi connectivity index (χ3v) is 4.98. The molecule has 176 valence electrons. The minimum atomic E-state index is -4.38. The maximum atomic E-state index is 14.1. The third kappa shape index (κ3) is 7.39. The maximum Gasteiger partial charge on any atom is 0.416 e. The zero-order valence-electron chi connectivity index (χ0n) is 18.0. The van der Waals surface area contributed by atoms with Gasteiger partial charge in [-0.1, -0.05) is 38.3 Å². The van der Waals surface area contributed by atoms with Crippen molar-refractivity contribution in [2.75, 3.05) is 23.0 Å². The molecule has 1 amide bonds. The second kappa shape index (κ2) is 11.7. The minimum absolute atomic E-state index is 0.00583. The van der Waals surface area contributed by atoms with Crippen LogP contribution in [0.4, 0.5) is 39.0 Å². The Balaban J connectivity index is 1.97. The third-order valence-electron chi connectivity index (χ3n) is 4.98. The van der Waals surface area contributed by atoms with Crippen LogP contribution in [0.2, 0.25) is 0 Å². The van der Waals surface area contributed by atoms with Crippen molar-refractivity contribution in [1.29, 1.82) is 0 Å². The fraction of sp³-hybridized carbons (Fsp3) is 0.435. The first kappa shape index (κ1) is 25.4. The first-order valence-corrected chi connectivity index (χ1v) is 10.5. The van der Waals surface area contributed by atoms with Crippen molar-refractivity contribution < 1.29 is 26.7 Å². The van der Waals surface area contributed by atoms with E-state index in [2.05, 4.69) is 16.0 Å². The molecule has 0 aliphatic heterocycles. The molecule has 0 spiro atoms. The number of halogens is 5. The standard InChI is InChI=1S/C23H28F5N3O/c1-3-4-5-6-18(24)21(25)22(32)31-19-12-11-17(13-20(19)29-2)30-14-15-7-9-16(10-8-15)23(26,27)28/h7-13,18,21,29-30H,3-6,14H2,1-2H3,(H,31,32)/t18-,21-/m1/s1. The molecule has 3 N–H and O–H groups in total. The Hall–Kier alpha value is -2.84. The van der Waals surface area contributed by atoms with Gasteiger partial charge >= 0.3 is 6.18 Å². The molecular weight excluding hydrogens is 429 g/mol. The molecule has 2 aromatic carbocycles. The zero-order valence-corrected chi connectivity index (χ0v) is 18.0. The van der Waals surface area contributed by atoms with Gasteiger partial charge in [0.1, 0.15) is 6.17 Å². The summed E-state index contributed by atoms with van der Waals surface area (Å²) in [5.41, 5.74) is 1.34. The number of anilines is 3. The lowest BCUT2D eigenvalue weighted by Gasteiger charge is -2.17. The first-order valence-electron chi connectivity index (χ1n) is 10.5. The van der Waals surface area contributed by atoms with E-state index in [1.54, 1.807) is 19.2 Å². The van der Waals surface area contributed by atoms with E-state index in [1.165, 1.54) is 18.2 Å². The highest BCUT2D eigenvalue weighted by Gasteiger charge is 2.30. The topological polar surface area (TPSA) is 53.2 Å². The fourth-order valence-electron chi connectivity index (χ4n) is 3.09. The molecule has 0 aliphatic rings. The molecule has 0 saturated heterocycles. The average Bonchev–Trinajstić information content (AvgIpc) is 2.77. The Labute approximate surface area is 184 Å². The van der Waals surface area contributed by atoms with Gasteiger partial charge in [-0.2, -0.15) is 13.2 Å². The maximum absolute atomic E-state index is 14.1. The lowest BCUT2D eigenvalue weighted by molar-refractivity contribution is -0.137. The predicted octanol–water partition coefficient (Wildman–Crippen LogP) is 6.55. The Bertz CT molecular complexity index is 871. The van der Waals surface area contributed by atoms with Gasteiger partial charge in [0, 0.05) is 19.3 Å². The van der Waals surface area contributed by atoms with Crippen LogP contribution in [0.15, 0.2) is 42.5 Å². The highest BCUT2D eigenvalue weighted by molar-refractivity contribution is 5.97. The highest BCUT2D eigenvalue weighted by atomic mass is 19.4. The summed E-state index contributed by atoms with van der Waals surface area (Å²) in [6.45, 7) is 2.23. The number of nitrogens with one attached hydrogen (secondary N) is 3. The molecule has 0 aromatic heterocycles. The van der Waals surface area contributed by atoms with Crippen molar-refractivity contribution >= 4 is 23.0 Å². The summed E-state index contributed by atoms with van der Waals surface area (Å²) in [6.07, 6.45) is -6.33. The van der Waals surface area contributed by atoms with Gasteiger partial charge in [-0.3, -0.25) is 4.79 Å². The molecule has 2 rings (SSSR count). The van der Waals surface area contributed by atoms with E-state index in [1.807, 2.05) is 6.92 Å². The van der Waals surface area contributed by atoms with Gasteiger partial charge in [-0.15, -0.1) is 0 Å². The van der Waals surface area contributed by atoms with Crippen molar-refractivity contribution in [3.63, 3.8) is 0 Å². The van der Waals surface area contributed by atoms with Crippen LogP contribution in [0.1, 0.15) is 43.7 Å². The Morgan fingerprint density at radius 3 is 2.28 bits per heavy atom. The first-order chi connectivity index (χ1) is 15.2. The zero-order chi connectivity index (χ0) is 23.7. The Morgan fingerprint density at radius 2 is 1.69 bits per heavy atom. The summed E-state index contributed by atoms with van der Waals surface area (Å²) in [5, 5.41) is 8.36. The molecule has 0 unspecified atom stereocenters. The number of amides is 1. The minimum Gasteiger partial charge on any atom is -0.386 e. The molecule has 0 bridgehead atoms. The quantitative estimate of drug-likeness (QED) is 0.265. The number of unbranched alkanes of at least 4 members (excludes halogenated alkanes) is 2. The van der Waals surface area contributed by atoms with Crippen LogP contribution in [0.25, 0.3) is 0 Å². The summed E-state index contributed by atoms with van der Waals surface area (Å²) in [4.78, 5) is 12.1. The summed E-state index contributed by atoms with van der Waals surface area (Å²) < 4.78 is 66.0. The molecule has 0 aliphatic carbocycles. The molecule has 9 heteroatoms. The molecule has 32 heavy (non-hydrogen) atoms. The fourth-order valence-corrected chi connectivity index (χ4v) is 3.09. The number of carbonyl (C=O) groups is 1. The van der Waals surface area contributed by atoms with Gasteiger partial charge in [-0.25, -0.2) is 8.78 Å². The summed E-state index contributed by atoms with van der Waals surface area (Å²) >= 11 is 0. The van der Waals surface area contributed by atoms with Crippen molar-refractivity contribution in [3.8, 4) is 0 Å². The number of carbonyl (C=O) groups excluding carboxylic acids is 1. The summed E-state index contributed by atoms with van der Waals surface area (Å²) in [5.74, 6) is -1.05. The van der Waals surface area contributed by atoms with Crippen LogP contribution in [0.5, 0.6) is 0 Å². The van der Waals surface area contributed by atoms with E-state index in [9.17, 15) is 26.7 Å². The average molecular weight is 457 g/mol. The molecular formula is C23H28F5N3O. The number of alkyl halides is 5. The van der Waals surface area contributed by atoms with Crippen LogP contribution in [0.3, 0.4) is 0 Å². The monoisotopic (exact) mass is 457 g/mol. The van der Waals surface area contributed by atoms with Crippen molar-refractivity contribution in [2.24, 2.45) is 0 Å². The van der Waals surface area contributed by atoms with Gasteiger partial charge in [-0.05, 0) is 42.3 Å². The van der Waals surface area contributed by atoms with E-state index >= 15 is 0 Å². The van der Waals surface area contributed by atoms with Gasteiger partial charge in [0.15, 0.2) is 0 Å². The largest absolute Gasteiger partial charge is 0.416 e. The Kier molecular flexibility index (Phi) is 9.28. The molecule has 0 heterocycles. The van der Waals surface area contributed by atoms with Crippen molar-refractivity contribution in [2.45, 2.75) is 57.7 Å². The molecule has 2 aromatic rings. The molecule has 2 atom stereocenters. The van der Waals surface area contributed by atoms with Gasteiger partial charge in [0.25, 0.3) is 5.91 Å². The molecule has 0 radical (unpaired) electrons. The van der Waals surface area contributed by atoms with Crippen LogP contribution < -0.4 is 16.0 Å². The lowest BCUT2D eigenvalue weighted by atomic mass is 10.1.